The first-order valence-corrected chi connectivity index (χ1v) is 11.5. The summed E-state index contributed by atoms with van der Waals surface area (Å²) in [5.74, 6) is -2.27. The Morgan fingerprint density at radius 3 is 2.21 bits per heavy atom. The van der Waals surface area contributed by atoms with Crippen LogP contribution in [0.1, 0.15) is 48.7 Å². The van der Waals surface area contributed by atoms with Crippen molar-refractivity contribution < 1.29 is 28.7 Å². The number of hydrogen-bond donors (Lipinski definition) is 1. The van der Waals surface area contributed by atoms with Crippen molar-refractivity contribution in [2.75, 3.05) is 30.0 Å². The lowest BCUT2D eigenvalue weighted by Gasteiger charge is -2.23. The van der Waals surface area contributed by atoms with E-state index in [9.17, 15) is 19.2 Å². The zero-order valence-corrected chi connectivity index (χ0v) is 19.8. The van der Waals surface area contributed by atoms with Gasteiger partial charge in [-0.15, -0.1) is 0 Å². The predicted molar refractivity (Wildman–Crippen MR) is 128 cm³/mol. The van der Waals surface area contributed by atoms with Gasteiger partial charge in [-0.25, -0.2) is 4.79 Å². The number of nitrogens with one attached hydrogen (secondary N) is 1. The number of anilines is 2. The van der Waals surface area contributed by atoms with Crippen LogP contribution in [0, 0.1) is 5.92 Å². The van der Waals surface area contributed by atoms with Crippen molar-refractivity contribution in [1.29, 1.82) is 0 Å². The Labute approximate surface area is 199 Å². The lowest BCUT2D eigenvalue weighted by molar-refractivity contribution is -0.151. The van der Waals surface area contributed by atoms with Gasteiger partial charge in [0.1, 0.15) is 0 Å². The molecule has 2 aromatic rings. The highest BCUT2D eigenvalue weighted by Gasteiger charge is 2.37. The number of rotatable bonds is 9. The van der Waals surface area contributed by atoms with Crippen molar-refractivity contribution in [1.82, 2.24) is 0 Å². The van der Waals surface area contributed by atoms with Crippen molar-refractivity contribution in [2.45, 2.75) is 40.0 Å². The highest BCUT2D eigenvalue weighted by molar-refractivity contribution is 6.01. The molecule has 0 aliphatic carbocycles. The monoisotopic (exact) mass is 466 g/mol. The molecule has 0 bridgehead atoms. The summed E-state index contributed by atoms with van der Waals surface area (Å²) in [5, 5.41) is 2.61. The second kappa shape index (κ2) is 11.4. The summed E-state index contributed by atoms with van der Waals surface area (Å²) in [5.41, 5.74) is 3.85. The van der Waals surface area contributed by atoms with Crippen molar-refractivity contribution in [3.05, 3.63) is 59.2 Å². The Kier molecular flexibility index (Phi) is 8.40. The van der Waals surface area contributed by atoms with E-state index in [2.05, 4.69) is 5.32 Å². The third kappa shape index (κ3) is 5.81. The first-order chi connectivity index (χ1) is 16.4. The standard InChI is InChI=1S/C26H30N2O6/c1-4-17-8-7-9-18(5-2)24(17)28-15-20(14-23(28)30)26(32)34-16-22(29)27-21-12-10-19(11-13-21)25(31)33-6-3/h7-13,20H,4-6,14-16H2,1-3H3,(H,27,29)/t20-/m1/s1. The number of nitrogens with zero attached hydrogens (tertiary/aromatic N) is 1. The molecule has 0 spiro atoms. The minimum atomic E-state index is -0.626. The van der Waals surface area contributed by atoms with Gasteiger partial charge in [-0.3, -0.25) is 14.4 Å². The largest absolute Gasteiger partial charge is 0.462 e. The number of amides is 2. The van der Waals surface area contributed by atoms with E-state index in [-0.39, 0.29) is 25.5 Å². The minimum absolute atomic E-state index is 0.0526. The van der Waals surface area contributed by atoms with E-state index in [0.717, 1.165) is 29.7 Å². The molecule has 1 aliphatic heterocycles. The average Bonchev–Trinajstić information content (AvgIpc) is 3.23. The second-order valence-corrected chi connectivity index (χ2v) is 7.99. The molecule has 1 atom stereocenters. The summed E-state index contributed by atoms with van der Waals surface area (Å²) >= 11 is 0. The topological polar surface area (TPSA) is 102 Å². The van der Waals surface area contributed by atoms with Crippen LogP contribution in [-0.4, -0.2) is 43.5 Å². The van der Waals surface area contributed by atoms with Gasteiger partial charge < -0.3 is 19.7 Å². The zero-order valence-electron chi connectivity index (χ0n) is 19.8. The molecule has 1 saturated heterocycles. The van der Waals surface area contributed by atoms with E-state index < -0.39 is 30.4 Å². The molecule has 34 heavy (non-hydrogen) atoms. The average molecular weight is 467 g/mol. The van der Waals surface area contributed by atoms with Crippen LogP contribution in [0.3, 0.4) is 0 Å². The lowest BCUT2D eigenvalue weighted by atomic mass is 10.0. The summed E-state index contributed by atoms with van der Waals surface area (Å²) < 4.78 is 10.1. The number of carbonyl (C=O) groups is 4. The third-order valence-corrected chi connectivity index (χ3v) is 5.72. The van der Waals surface area contributed by atoms with Crippen LogP contribution in [0.25, 0.3) is 0 Å². The number of ether oxygens (including phenoxy) is 2. The lowest BCUT2D eigenvalue weighted by Crippen LogP contribution is -2.29. The molecule has 0 radical (unpaired) electrons. The molecule has 1 aliphatic rings. The van der Waals surface area contributed by atoms with Gasteiger partial charge in [0.25, 0.3) is 5.91 Å². The quantitative estimate of drug-likeness (QED) is 0.568. The number of esters is 2. The van der Waals surface area contributed by atoms with Gasteiger partial charge in [0, 0.05) is 24.3 Å². The Bertz CT molecular complexity index is 1040. The van der Waals surface area contributed by atoms with Crippen LogP contribution in [0.5, 0.6) is 0 Å². The fraction of sp³-hybridized carbons (Fsp3) is 0.385. The first-order valence-electron chi connectivity index (χ1n) is 11.5. The fourth-order valence-corrected chi connectivity index (χ4v) is 4.00. The van der Waals surface area contributed by atoms with E-state index in [1.54, 1.807) is 24.0 Å². The number of aryl methyl sites for hydroxylation is 2. The molecular formula is C26H30N2O6. The molecule has 0 saturated carbocycles. The SMILES string of the molecule is CCOC(=O)c1ccc(NC(=O)COC(=O)[C@@H]2CC(=O)N(c3c(CC)cccc3CC)C2)cc1. The number of para-hydroxylation sites is 1. The summed E-state index contributed by atoms with van der Waals surface area (Å²) in [6.07, 6.45) is 1.61. The van der Waals surface area contributed by atoms with Gasteiger partial charge in [0.15, 0.2) is 6.61 Å². The maximum atomic E-state index is 12.7. The molecule has 2 aromatic carbocycles. The summed E-state index contributed by atoms with van der Waals surface area (Å²) in [6, 6.07) is 12.2. The van der Waals surface area contributed by atoms with Crippen LogP contribution in [-0.2, 0) is 36.7 Å². The first kappa shape index (κ1) is 25.0. The molecular weight excluding hydrogens is 436 g/mol. The van der Waals surface area contributed by atoms with Crippen LogP contribution < -0.4 is 10.2 Å². The maximum Gasteiger partial charge on any atom is 0.338 e. The van der Waals surface area contributed by atoms with Crippen LogP contribution in [0.15, 0.2) is 42.5 Å². The molecule has 1 fully saturated rings. The molecule has 8 nitrogen and oxygen atoms in total. The number of carbonyl (C=O) groups excluding carboxylic acids is 4. The molecule has 8 heteroatoms. The molecule has 1 heterocycles. The van der Waals surface area contributed by atoms with Gasteiger partial charge in [0.05, 0.1) is 18.1 Å². The van der Waals surface area contributed by atoms with Crippen molar-refractivity contribution >= 4 is 35.1 Å². The van der Waals surface area contributed by atoms with Gasteiger partial charge in [-0.05, 0) is 55.2 Å². The Morgan fingerprint density at radius 2 is 1.62 bits per heavy atom. The van der Waals surface area contributed by atoms with E-state index in [1.165, 1.54) is 12.1 Å². The number of hydrogen-bond acceptors (Lipinski definition) is 6. The Balaban J connectivity index is 1.55. The third-order valence-electron chi connectivity index (χ3n) is 5.72. The second-order valence-electron chi connectivity index (χ2n) is 7.99. The van der Waals surface area contributed by atoms with Crippen LogP contribution in [0.2, 0.25) is 0 Å². The van der Waals surface area contributed by atoms with Gasteiger partial charge in [-0.2, -0.15) is 0 Å². The smallest absolute Gasteiger partial charge is 0.338 e. The molecule has 3 rings (SSSR count). The van der Waals surface area contributed by atoms with Crippen molar-refractivity contribution in [2.24, 2.45) is 5.92 Å². The fourth-order valence-electron chi connectivity index (χ4n) is 4.00. The molecule has 1 N–H and O–H groups in total. The van der Waals surface area contributed by atoms with E-state index >= 15 is 0 Å². The van der Waals surface area contributed by atoms with E-state index in [0.29, 0.717) is 11.3 Å². The molecule has 180 valence electrons. The number of benzene rings is 2. The predicted octanol–water partition coefficient (Wildman–Crippen LogP) is 3.52. The Hall–Kier alpha value is -3.68. The van der Waals surface area contributed by atoms with Crippen LogP contribution >= 0.6 is 0 Å². The van der Waals surface area contributed by atoms with Crippen molar-refractivity contribution in [3.8, 4) is 0 Å². The highest BCUT2D eigenvalue weighted by Crippen LogP contribution is 2.32. The van der Waals surface area contributed by atoms with Crippen LogP contribution in [0.4, 0.5) is 11.4 Å². The van der Waals surface area contributed by atoms with E-state index in [1.807, 2.05) is 32.0 Å². The van der Waals surface area contributed by atoms with E-state index in [4.69, 9.17) is 9.47 Å². The summed E-state index contributed by atoms with van der Waals surface area (Å²) in [7, 11) is 0. The Morgan fingerprint density at radius 1 is 0.971 bits per heavy atom. The van der Waals surface area contributed by atoms with Crippen molar-refractivity contribution in [3.63, 3.8) is 0 Å². The maximum absolute atomic E-state index is 12.7. The molecule has 0 aromatic heterocycles. The molecule has 0 unspecified atom stereocenters. The zero-order chi connectivity index (χ0) is 24.7. The normalized spacial score (nSPS) is 15.2. The van der Waals surface area contributed by atoms with Gasteiger partial charge in [-0.1, -0.05) is 32.0 Å². The van der Waals surface area contributed by atoms with Gasteiger partial charge in [0.2, 0.25) is 5.91 Å². The summed E-state index contributed by atoms with van der Waals surface area (Å²) in [6.45, 7) is 5.84. The summed E-state index contributed by atoms with van der Waals surface area (Å²) in [4.78, 5) is 50.9. The van der Waals surface area contributed by atoms with Gasteiger partial charge >= 0.3 is 11.9 Å². The highest BCUT2D eigenvalue weighted by atomic mass is 16.5. The molecule has 2 amide bonds. The minimum Gasteiger partial charge on any atom is -0.462 e.